The Morgan fingerprint density at radius 2 is 1.42 bits per heavy atom. The Hall–Kier alpha value is -0.590. The van der Waals surface area contributed by atoms with Crippen LogP contribution in [0, 0.1) is 10.2 Å². The van der Waals surface area contributed by atoms with Crippen molar-refractivity contribution in [2.45, 2.75) is 78.1 Å². The van der Waals surface area contributed by atoms with Crippen molar-refractivity contribution in [2.75, 3.05) is 13.1 Å². The summed E-state index contributed by atoms with van der Waals surface area (Å²) in [6, 6.07) is 0. The first-order chi connectivity index (χ1) is 11.3. The van der Waals surface area contributed by atoms with Gasteiger partial charge in [0.05, 0.1) is 14.9 Å². The first kappa shape index (κ1) is 23.4. The van der Waals surface area contributed by atoms with Gasteiger partial charge in [-0.2, -0.15) is 14.0 Å². The monoisotopic (exact) mass is 363 g/mol. The highest BCUT2D eigenvalue weighted by Crippen LogP contribution is 2.12. The van der Waals surface area contributed by atoms with Gasteiger partial charge in [-0.15, -0.1) is 0 Å². The molecule has 0 amide bonds. The highest BCUT2D eigenvalue weighted by molar-refractivity contribution is 5.19. The van der Waals surface area contributed by atoms with Crippen molar-refractivity contribution in [3.63, 3.8) is 0 Å². The number of hydrogen-bond donors (Lipinski definition) is 1. The summed E-state index contributed by atoms with van der Waals surface area (Å²) in [5.74, 6) is 0. The lowest BCUT2D eigenvalue weighted by Crippen LogP contribution is -2.58. The van der Waals surface area contributed by atoms with Crippen molar-refractivity contribution in [3.8, 4) is 0 Å². The summed E-state index contributed by atoms with van der Waals surface area (Å²) in [6.45, 7) is 6.81. The normalized spacial score (nSPS) is 14.2. The molecule has 1 heterocycles. The average Bonchev–Trinajstić information content (AvgIpc) is 2.49. The van der Waals surface area contributed by atoms with Crippen molar-refractivity contribution < 1.29 is 28.9 Å². The minimum Gasteiger partial charge on any atom is -0.374 e. The van der Waals surface area contributed by atoms with Crippen molar-refractivity contribution in [1.29, 1.82) is 0 Å². The van der Waals surface area contributed by atoms with Crippen LogP contribution in [0.4, 0.5) is 0 Å². The molecule has 142 valence electrons. The fourth-order valence-electron chi connectivity index (χ4n) is 2.58. The number of hydrogen-bond acceptors (Lipinski definition) is 5. The molecule has 0 spiro atoms. The topological polar surface area (TPSA) is 92.7 Å². The Bertz CT molecular complexity index is 347. The van der Waals surface area contributed by atoms with Gasteiger partial charge < -0.3 is 4.90 Å². The highest BCUT2D eigenvalue weighted by Gasteiger charge is 2.01. The van der Waals surface area contributed by atoms with Crippen LogP contribution in [-0.4, -0.2) is 22.6 Å². The second-order valence-corrected chi connectivity index (χ2v) is 7.13. The maximum absolute atomic E-state index is 8.60. The standard InChI is InChI=1S/C18H33N.ClHO4/c1-3-4-5-6-7-8-9-10-11-12-15-19-16-13-18(2)14-17-19;2-1(3,4)5/h13-14,16H,3-12,15,17H2,1-2H3;(H,2,3,4,5). The highest BCUT2D eigenvalue weighted by atomic mass is 35.7. The van der Waals surface area contributed by atoms with E-state index in [4.69, 9.17) is 18.6 Å². The molecule has 0 aromatic rings. The zero-order valence-corrected chi connectivity index (χ0v) is 16.0. The van der Waals surface area contributed by atoms with Gasteiger partial charge in [-0.25, -0.2) is 0 Å². The predicted molar refractivity (Wildman–Crippen MR) is 88.5 cm³/mol. The van der Waals surface area contributed by atoms with Gasteiger partial charge in [0.1, 0.15) is 0 Å². The molecule has 1 aliphatic heterocycles. The lowest BCUT2D eigenvalue weighted by Gasteiger charge is -2.21. The number of nitrogens with zero attached hydrogens (tertiary/aromatic N) is 1. The Morgan fingerprint density at radius 1 is 0.958 bits per heavy atom. The summed E-state index contributed by atoms with van der Waals surface area (Å²) in [5.41, 5.74) is 1.40. The molecule has 1 aliphatic rings. The third-order valence-electron chi connectivity index (χ3n) is 3.99. The lowest BCUT2D eigenvalue weighted by molar-refractivity contribution is -1.92. The van der Waals surface area contributed by atoms with Crippen LogP contribution in [0.1, 0.15) is 78.1 Å². The first-order valence-corrected chi connectivity index (χ1v) is 10.3. The molecule has 0 aliphatic carbocycles. The van der Waals surface area contributed by atoms with E-state index in [2.05, 4.69) is 37.1 Å². The number of unbranched alkanes of at least 4 members (excludes halogenated alkanes) is 9. The van der Waals surface area contributed by atoms with Gasteiger partial charge in [0.25, 0.3) is 0 Å². The Morgan fingerprint density at radius 3 is 1.83 bits per heavy atom. The van der Waals surface area contributed by atoms with Gasteiger partial charge in [-0.05, 0) is 25.6 Å². The molecule has 0 fully saturated rings. The Balaban J connectivity index is 0.000000922. The van der Waals surface area contributed by atoms with Crippen LogP contribution in [0.3, 0.4) is 0 Å². The zero-order chi connectivity index (χ0) is 18.3. The number of halogens is 1. The van der Waals surface area contributed by atoms with Crippen LogP contribution in [0.5, 0.6) is 0 Å². The van der Waals surface area contributed by atoms with E-state index in [9.17, 15) is 0 Å². The molecular weight excluding hydrogens is 330 g/mol. The lowest BCUT2D eigenvalue weighted by atomic mass is 10.1. The molecular formula is C18H34ClNO4. The fourth-order valence-corrected chi connectivity index (χ4v) is 2.58. The molecule has 0 saturated heterocycles. The quantitative estimate of drug-likeness (QED) is 0.562. The molecule has 0 saturated carbocycles. The molecule has 24 heavy (non-hydrogen) atoms. The molecule has 0 aromatic heterocycles. The van der Waals surface area contributed by atoms with Gasteiger partial charge in [0.2, 0.25) is 0 Å². The van der Waals surface area contributed by atoms with E-state index in [0.29, 0.717) is 0 Å². The van der Waals surface area contributed by atoms with E-state index < -0.39 is 10.2 Å². The first-order valence-electron chi connectivity index (χ1n) is 9.05. The van der Waals surface area contributed by atoms with Gasteiger partial charge >= 0.3 is 0 Å². The number of rotatable bonds is 11. The van der Waals surface area contributed by atoms with Crippen LogP contribution in [0.15, 0.2) is 23.9 Å². The van der Waals surface area contributed by atoms with Crippen molar-refractivity contribution in [3.05, 3.63) is 23.9 Å². The maximum Gasteiger partial charge on any atom is 0.0777 e. The molecule has 0 bridgehead atoms. The van der Waals surface area contributed by atoms with Crippen molar-refractivity contribution in [2.24, 2.45) is 0 Å². The van der Waals surface area contributed by atoms with E-state index in [1.165, 1.54) is 76.3 Å². The SMILES string of the molecule is CCCCCCCCCCCCN1C=CC(C)=CC1.[O-][Cl+3]([O-])([O-])O. The van der Waals surface area contributed by atoms with E-state index in [1.54, 1.807) is 0 Å². The fraction of sp³-hybridized carbons (Fsp3) is 0.778. The molecule has 5 nitrogen and oxygen atoms in total. The third-order valence-corrected chi connectivity index (χ3v) is 3.99. The summed E-state index contributed by atoms with van der Waals surface area (Å²) in [6.07, 6.45) is 21.0. The van der Waals surface area contributed by atoms with E-state index in [-0.39, 0.29) is 0 Å². The maximum atomic E-state index is 8.60. The minimum atomic E-state index is -4.69. The Kier molecular flexibility index (Phi) is 14.4. The van der Waals surface area contributed by atoms with Gasteiger partial charge in [0.15, 0.2) is 0 Å². The summed E-state index contributed by atoms with van der Waals surface area (Å²) < 4.78 is 32.7. The van der Waals surface area contributed by atoms with E-state index in [1.807, 2.05) is 0 Å². The van der Waals surface area contributed by atoms with Crippen LogP contribution in [-0.2, 0) is 0 Å². The smallest absolute Gasteiger partial charge is 0.0777 e. The summed E-state index contributed by atoms with van der Waals surface area (Å²) in [4.78, 5) is 2.43. The second kappa shape index (κ2) is 14.7. The minimum absolute atomic E-state index is 1.11. The summed E-state index contributed by atoms with van der Waals surface area (Å²) in [7, 11) is -4.69. The second-order valence-electron chi connectivity index (χ2n) is 6.34. The molecule has 0 atom stereocenters. The third kappa shape index (κ3) is 19.5. The predicted octanol–water partition coefficient (Wildman–Crippen LogP) is 1.56. The average molecular weight is 364 g/mol. The molecule has 1 rings (SSSR count). The summed E-state index contributed by atoms with van der Waals surface area (Å²) in [5, 5.41) is 0. The molecule has 0 aromatic carbocycles. The van der Waals surface area contributed by atoms with Gasteiger partial charge in [0, 0.05) is 13.1 Å². The molecule has 1 N–H and O–H groups in total. The molecule has 0 unspecified atom stereocenters. The molecule has 6 heteroatoms. The van der Waals surface area contributed by atoms with Crippen molar-refractivity contribution in [1.82, 2.24) is 4.90 Å². The van der Waals surface area contributed by atoms with Gasteiger partial charge in [-0.3, -0.25) is 0 Å². The molecule has 0 radical (unpaired) electrons. The van der Waals surface area contributed by atoms with E-state index >= 15 is 0 Å². The van der Waals surface area contributed by atoms with Gasteiger partial charge in [-0.1, -0.05) is 76.4 Å². The van der Waals surface area contributed by atoms with Crippen LogP contribution < -0.4 is 14.0 Å². The largest absolute Gasteiger partial charge is 0.374 e. The van der Waals surface area contributed by atoms with Crippen LogP contribution in [0.2, 0.25) is 0 Å². The van der Waals surface area contributed by atoms with E-state index in [0.717, 1.165) is 6.54 Å². The van der Waals surface area contributed by atoms with Crippen LogP contribution >= 0.6 is 0 Å². The summed E-state index contributed by atoms with van der Waals surface area (Å²) >= 11 is 0. The zero-order valence-electron chi connectivity index (χ0n) is 15.2. The van der Waals surface area contributed by atoms with Crippen molar-refractivity contribution >= 4 is 0 Å². The Labute approximate surface area is 149 Å². The number of allylic oxidation sites excluding steroid dienone is 2. The van der Waals surface area contributed by atoms with Crippen LogP contribution in [0.25, 0.3) is 0 Å².